The maximum atomic E-state index is 12.7. The molecule has 0 radical (unpaired) electrons. The highest BCUT2D eigenvalue weighted by Gasteiger charge is 2.28. The van der Waals surface area contributed by atoms with E-state index in [1.165, 1.54) is 4.31 Å². The largest absolute Gasteiger partial charge is 0.339 e. The number of rotatable bonds is 5. The van der Waals surface area contributed by atoms with Crippen molar-refractivity contribution >= 4 is 21.6 Å². The lowest BCUT2D eigenvalue weighted by atomic mass is 10.1. The fourth-order valence-corrected chi connectivity index (χ4v) is 4.43. The summed E-state index contributed by atoms with van der Waals surface area (Å²) in [5, 5.41) is 0. The van der Waals surface area contributed by atoms with Crippen LogP contribution in [0.25, 0.3) is 0 Å². The second kappa shape index (κ2) is 7.74. The van der Waals surface area contributed by atoms with Gasteiger partial charge in [0.1, 0.15) is 6.54 Å². The molecule has 1 saturated heterocycles. The molecule has 140 valence electrons. The highest BCUT2D eigenvalue weighted by atomic mass is 32.2. The van der Waals surface area contributed by atoms with Crippen LogP contribution >= 0.6 is 0 Å². The third-order valence-corrected chi connectivity index (χ3v) is 5.85. The number of sulfonamides is 1. The Morgan fingerprint density at radius 3 is 2.04 bits per heavy atom. The molecular formula is C18H29N3O3S. The Kier molecular flexibility index (Phi) is 6.11. The van der Waals surface area contributed by atoms with Crippen LogP contribution in [0.2, 0.25) is 0 Å². The molecule has 0 atom stereocenters. The second-order valence-corrected chi connectivity index (χ2v) is 8.74. The SMILES string of the molecule is CCN1CCN(C(=O)CN(c2c(C)cc(C)cc2C)S(C)(=O)=O)CC1. The van der Waals surface area contributed by atoms with E-state index in [0.717, 1.165) is 42.6 Å². The summed E-state index contributed by atoms with van der Waals surface area (Å²) in [5.74, 6) is -0.138. The van der Waals surface area contributed by atoms with Gasteiger partial charge in [0.25, 0.3) is 0 Å². The first kappa shape index (κ1) is 19.7. The Labute approximate surface area is 151 Å². The van der Waals surface area contributed by atoms with Crippen molar-refractivity contribution in [3.8, 4) is 0 Å². The van der Waals surface area contributed by atoms with Crippen molar-refractivity contribution in [1.29, 1.82) is 0 Å². The number of likely N-dealkylation sites (N-methyl/N-ethyl adjacent to an activating group) is 1. The molecule has 0 spiro atoms. The van der Waals surface area contributed by atoms with Crippen molar-refractivity contribution in [2.24, 2.45) is 0 Å². The number of anilines is 1. The average Bonchev–Trinajstić information content (AvgIpc) is 2.52. The molecule has 25 heavy (non-hydrogen) atoms. The first-order chi connectivity index (χ1) is 11.6. The minimum absolute atomic E-state index is 0.138. The third-order valence-electron chi connectivity index (χ3n) is 4.74. The zero-order valence-electron chi connectivity index (χ0n) is 15.9. The summed E-state index contributed by atoms with van der Waals surface area (Å²) in [4.78, 5) is 16.8. The van der Waals surface area contributed by atoms with Crippen LogP contribution in [0.15, 0.2) is 12.1 Å². The Balaban J connectivity index is 2.25. The fourth-order valence-electron chi connectivity index (χ4n) is 3.46. The van der Waals surface area contributed by atoms with E-state index >= 15 is 0 Å². The number of carbonyl (C=O) groups is 1. The van der Waals surface area contributed by atoms with E-state index in [1.807, 2.05) is 32.9 Å². The van der Waals surface area contributed by atoms with Crippen LogP contribution in [-0.2, 0) is 14.8 Å². The van der Waals surface area contributed by atoms with Crippen molar-refractivity contribution in [1.82, 2.24) is 9.80 Å². The predicted octanol–water partition coefficient (Wildman–Crippen LogP) is 1.54. The van der Waals surface area contributed by atoms with Gasteiger partial charge in [0.05, 0.1) is 11.9 Å². The highest BCUT2D eigenvalue weighted by molar-refractivity contribution is 7.92. The summed E-state index contributed by atoms with van der Waals surface area (Å²) in [6, 6.07) is 3.90. The fraction of sp³-hybridized carbons (Fsp3) is 0.611. The van der Waals surface area contributed by atoms with E-state index in [2.05, 4.69) is 11.8 Å². The molecular weight excluding hydrogens is 338 g/mol. The molecule has 0 saturated carbocycles. The van der Waals surface area contributed by atoms with Crippen molar-refractivity contribution in [2.75, 3.05) is 49.8 Å². The van der Waals surface area contributed by atoms with Gasteiger partial charge >= 0.3 is 0 Å². The topological polar surface area (TPSA) is 60.9 Å². The van der Waals surface area contributed by atoms with Crippen molar-refractivity contribution in [3.63, 3.8) is 0 Å². The summed E-state index contributed by atoms with van der Waals surface area (Å²) in [7, 11) is -3.55. The molecule has 2 rings (SSSR count). The Morgan fingerprint density at radius 1 is 1.08 bits per heavy atom. The van der Waals surface area contributed by atoms with Crippen molar-refractivity contribution in [3.05, 3.63) is 28.8 Å². The van der Waals surface area contributed by atoms with Crippen LogP contribution in [0.1, 0.15) is 23.6 Å². The summed E-state index contributed by atoms with van der Waals surface area (Å²) in [5.41, 5.74) is 3.43. The van der Waals surface area contributed by atoms with Crippen LogP contribution in [0.3, 0.4) is 0 Å². The van der Waals surface area contributed by atoms with Gasteiger partial charge in [0.15, 0.2) is 0 Å². The van der Waals surface area contributed by atoms with Crippen LogP contribution < -0.4 is 4.31 Å². The van der Waals surface area contributed by atoms with Gasteiger partial charge in [-0.05, 0) is 38.4 Å². The molecule has 6 nitrogen and oxygen atoms in total. The molecule has 0 bridgehead atoms. The van der Waals surface area contributed by atoms with Gasteiger partial charge in [0.2, 0.25) is 15.9 Å². The average molecular weight is 368 g/mol. The lowest BCUT2D eigenvalue weighted by molar-refractivity contribution is -0.131. The maximum absolute atomic E-state index is 12.7. The predicted molar refractivity (Wildman–Crippen MR) is 102 cm³/mol. The quantitative estimate of drug-likeness (QED) is 0.792. The molecule has 1 heterocycles. The normalized spacial score (nSPS) is 16.1. The first-order valence-corrected chi connectivity index (χ1v) is 10.5. The number of amides is 1. The van der Waals surface area contributed by atoms with Crippen molar-refractivity contribution in [2.45, 2.75) is 27.7 Å². The second-order valence-electron chi connectivity index (χ2n) is 6.83. The first-order valence-electron chi connectivity index (χ1n) is 8.69. The summed E-state index contributed by atoms with van der Waals surface area (Å²) in [6.45, 7) is 11.7. The van der Waals surface area contributed by atoms with E-state index in [4.69, 9.17) is 0 Å². The smallest absolute Gasteiger partial charge is 0.243 e. The molecule has 1 aromatic carbocycles. The van der Waals surface area contributed by atoms with Crippen molar-refractivity contribution < 1.29 is 13.2 Å². The van der Waals surface area contributed by atoms with Gasteiger partial charge in [-0.2, -0.15) is 0 Å². The number of nitrogens with zero attached hydrogens (tertiary/aromatic N) is 3. The molecule has 0 aromatic heterocycles. The minimum Gasteiger partial charge on any atom is -0.339 e. The number of benzene rings is 1. The Bertz CT molecular complexity index is 715. The van der Waals surface area contributed by atoms with E-state index < -0.39 is 10.0 Å². The lowest BCUT2D eigenvalue weighted by Gasteiger charge is -2.35. The lowest BCUT2D eigenvalue weighted by Crippen LogP contribution is -2.51. The number of carbonyl (C=O) groups excluding carboxylic acids is 1. The highest BCUT2D eigenvalue weighted by Crippen LogP contribution is 2.28. The van der Waals surface area contributed by atoms with Crippen LogP contribution in [0, 0.1) is 20.8 Å². The molecule has 1 amide bonds. The Hall–Kier alpha value is -1.60. The van der Waals surface area contributed by atoms with E-state index in [9.17, 15) is 13.2 Å². The van der Waals surface area contributed by atoms with Gasteiger partial charge in [0, 0.05) is 26.2 Å². The summed E-state index contributed by atoms with van der Waals surface area (Å²) >= 11 is 0. The molecule has 1 fully saturated rings. The zero-order valence-corrected chi connectivity index (χ0v) is 16.7. The molecule has 0 aliphatic carbocycles. The number of aryl methyl sites for hydroxylation is 3. The van der Waals surface area contributed by atoms with Crippen LogP contribution in [-0.4, -0.2) is 69.6 Å². The molecule has 0 unspecified atom stereocenters. The molecule has 7 heteroatoms. The maximum Gasteiger partial charge on any atom is 0.243 e. The zero-order chi connectivity index (χ0) is 18.8. The van der Waals surface area contributed by atoms with Gasteiger partial charge in [-0.1, -0.05) is 24.6 Å². The van der Waals surface area contributed by atoms with Gasteiger partial charge in [-0.25, -0.2) is 8.42 Å². The molecule has 1 aliphatic heterocycles. The number of hydrogen-bond donors (Lipinski definition) is 0. The van der Waals surface area contributed by atoms with E-state index in [0.29, 0.717) is 18.8 Å². The summed E-state index contributed by atoms with van der Waals surface area (Å²) < 4.78 is 26.0. The third kappa shape index (κ3) is 4.73. The number of hydrogen-bond acceptors (Lipinski definition) is 4. The number of piperazine rings is 1. The van der Waals surface area contributed by atoms with Gasteiger partial charge in [-0.3, -0.25) is 9.10 Å². The molecule has 1 aromatic rings. The van der Waals surface area contributed by atoms with Gasteiger partial charge < -0.3 is 9.80 Å². The minimum atomic E-state index is -3.55. The van der Waals surface area contributed by atoms with E-state index in [-0.39, 0.29) is 12.5 Å². The van der Waals surface area contributed by atoms with Gasteiger partial charge in [-0.15, -0.1) is 0 Å². The molecule has 0 N–H and O–H groups in total. The summed E-state index contributed by atoms with van der Waals surface area (Å²) in [6.07, 6.45) is 1.16. The standard InChI is InChI=1S/C18H29N3O3S/c1-6-19-7-9-20(10-8-19)17(22)13-21(25(5,23)24)18-15(3)11-14(2)12-16(18)4/h11-12H,6-10,13H2,1-5H3. The molecule has 1 aliphatic rings. The van der Waals surface area contributed by atoms with E-state index in [1.54, 1.807) is 4.90 Å². The monoisotopic (exact) mass is 367 g/mol. The van der Waals surface area contributed by atoms with Crippen LogP contribution in [0.4, 0.5) is 5.69 Å². The van der Waals surface area contributed by atoms with Crippen LogP contribution in [0.5, 0.6) is 0 Å². The Morgan fingerprint density at radius 2 is 1.60 bits per heavy atom.